The Labute approximate surface area is 77.2 Å². The Morgan fingerprint density at radius 2 is 2.00 bits per heavy atom. The maximum Gasteiger partial charge on any atom is 0.128 e. The first-order chi connectivity index (χ1) is 5.86. The van der Waals surface area contributed by atoms with Crippen molar-refractivity contribution in [2.75, 3.05) is 18.0 Å². The highest BCUT2D eigenvalue weighted by Gasteiger charge is 2.12. The van der Waals surface area contributed by atoms with Crippen LogP contribution in [-0.2, 0) is 0 Å². The zero-order valence-corrected chi connectivity index (χ0v) is 7.59. The second-order valence-electron chi connectivity index (χ2n) is 3.03. The van der Waals surface area contributed by atoms with Crippen molar-refractivity contribution in [3.05, 3.63) is 23.4 Å². The highest BCUT2D eigenvalue weighted by molar-refractivity contribution is 6.30. The standard InChI is InChI=1S/C9H11ClN2/c10-8-3-4-9(11-7-8)12-5-1-2-6-12/h3-4,7H,1-2,5-6H2. The summed E-state index contributed by atoms with van der Waals surface area (Å²) < 4.78 is 0. The first kappa shape index (κ1) is 7.87. The maximum absolute atomic E-state index is 5.74. The third kappa shape index (κ3) is 1.53. The van der Waals surface area contributed by atoms with Crippen LogP contribution in [0.3, 0.4) is 0 Å². The second-order valence-corrected chi connectivity index (χ2v) is 3.47. The van der Waals surface area contributed by atoms with Crippen LogP contribution in [0.4, 0.5) is 5.82 Å². The fourth-order valence-corrected chi connectivity index (χ4v) is 1.61. The van der Waals surface area contributed by atoms with Crippen LogP contribution in [0, 0.1) is 0 Å². The summed E-state index contributed by atoms with van der Waals surface area (Å²) in [6.45, 7) is 2.27. The molecule has 0 radical (unpaired) electrons. The Morgan fingerprint density at radius 3 is 2.58 bits per heavy atom. The Hall–Kier alpha value is -0.760. The van der Waals surface area contributed by atoms with Gasteiger partial charge >= 0.3 is 0 Å². The van der Waals surface area contributed by atoms with E-state index in [1.165, 1.54) is 12.8 Å². The number of hydrogen-bond acceptors (Lipinski definition) is 2. The van der Waals surface area contributed by atoms with Gasteiger partial charge in [-0.05, 0) is 25.0 Å². The van der Waals surface area contributed by atoms with Crippen molar-refractivity contribution >= 4 is 17.4 Å². The minimum atomic E-state index is 0.706. The monoisotopic (exact) mass is 182 g/mol. The van der Waals surface area contributed by atoms with Gasteiger partial charge < -0.3 is 4.90 Å². The molecule has 2 heterocycles. The number of rotatable bonds is 1. The molecule has 0 atom stereocenters. The molecule has 0 saturated carbocycles. The van der Waals surface area contributed by atoms with Crippen LogP contribution in [0.5, 0.6) is 0 Å². The predicted octanol–water partition coefficient (Wildman–Crippen LogP) is 2.34. The fraction of sp³-hybridized carbons (Fsp3) is 0.444. The summed E-state index contributed by atoms with van der Waals surface area (Å²) in [6, 6.07) is 3.87. The zero-order chi connectivity index (χ0) is 8.39. The molecule has 0 spiro atoms. The third-order valence-corrected chi connectivity index (χ3v) is 2.37. The van der Waals surface area contributed by atoms with Crippen molar-refractivity contribution in [1.29, 1.82) is 0 Å². The van der Waals surface area contributed by atoms with Crippen molar-refractivity contribution in [3.8, 4) is 0 Å². The van der Waals surface area contributed by atoms with E-state index in [-0.39, 0.29) is 0 Å². The molecule has 2 nitrogen and oxygen atoms in total. The lowest BCUT2D eigenvalue weighted by Crippen LogP contribution is -2.18. The van der Waals surface area contributed by atoms with Crippen molar-refractivity contribution in [2.24, 2.45) is 0 Å². The lowest BCUT2D eigenvalue weighted by molar-refractivity contribution is 0.938. The molecule has 3 heteroatoms. The summed E-state index contributed by atoms with van der Waals surface area (Å²) in [7, 11) is 0. The number of halogens is 1. The van der Waals surface area contributed by atoms with Gasteiger partial charge in [-0.25, -0.2) is 4.98 Å². The average molecular weight is 183 g/mol. The number of aromatic nitrogens is 1. The van der Waals surface area contributed by atoms with E-state index in [4.69, 9.17) is 11.6 Å². The molecule has 0 bridgehead atoms. The molecule has 1 aromatic rings. The van der Waals surface area contributed by atoms with Gasteiger partial charge in [0.15, 0.2) is 0 Å². The van der Waals surface area contributed by atoms with Crippen molar-refractivity contribution in [3.63, 3.8) is 0 Å². The Kier molecular flexibility index (Phi) is 2.17. The molecule has 12 heavy (non-hydrogen) atoms. The second kappa shape index (κ2) is 3.31. The van der Waals surface area contributed by atoms with E-state index in [9.17, 15) is 0 Å². The Bertz CT molecular complexity index is 252. The Balaban J connectivity index is 2.17. The third-order valence-electron chi connectivity index (χ3n) is 2.14. The van der Waals surface area contributed by atoms with Gasteiger partial charge in [-0.15, -0.1) is 0 Å². The predicted molar refractivity (Wildman–Crippen MR) is 50.7 cm³/mol. The molecule has 0 aliphatic carbocycles. The molecular weight excluding hydrogens is 172 g/mol. The van der Waals surface area contributed by atoms with Crippen LogP contribution in [-0.4, -0.2) is 18.1 Å². The lowest BCUT2D eigenvalue weighted by atomic mass is 10.4. The summed E-state index contributed by atoms with van der Waals surface area (Å²) in [5, 5.41) is 0.706. The fourth-order valence-electron chi connectivity index (χ4n) is 1.50. The molecule has 1 aromatic heterocycles. The van der Waals surface area contributed by atoms with E-state index in [0.717, 1.165) is 18.9 Å². The van der Waals surface area contributed by atoms with Crippen LogP contribution in [0.2, 0.25) is 5.02 Å². The first-order valence-corrected chi connectivity index (χ1v) is 4.60. The van der Waals surface area contributed by atoms with Gasteiger partial charge in [0.2, 0.25) is 0 Å². The number of pyridine rings is 1. The van der Waals surface area contributed by atoms with Crippen molar-refractivity contribution in [1.82, 2.24) is 4.98 Å². The molecule has 1 fully saturated rings. The number of hydrogen-bond donors (Lipinski definition) is 0. The van der Waals surface area contributed by atoms with Gasteiger partial charge in [-0.1, -0.05) is 11.6 Å². The molecule has 0 unspecified atom stereocenters. The molecule has 64 valence electrons. The van der Waals surface area contributed by atoms with Gasteiger partial charge in [0.05, 0.1) is 5.02 Å². The summed E-state index contributed by atoms with van der Waals surface area (Å²) in [6.07, 6.45) is 4.27. The van der Waals surface area contributed by atoms with Crippen molar-refractivity contribution in [2.45, 2.75) is 12.8 Å². The largest absolute Gasteiger partial charge is 0.357 e. The smallest absolute Gasteiger partial charge is 0.128 e. The minimum absolute atomic E-state index is 0.706. The lowest BCUT2D eigenvalue weighted by Gasteiger charge is -2.15. The summed E-state index contributed by atoms with van der Waals surface area (Å²) in [5.74, 6) is 1.05. The Morgan fingerprint density at radius 1 is 1.25 bits per heavy atom. The molecule has 0 amide bonds. The van der Waals surface area contributed by atoms with Gasteiger partial charge in [0.25, 0.3) is 0 Å². The molecule has 1 aliphatic rings. The van der Waals surface area contributed by atoms with E-state index in [0.29, 0.717) is 5.02 Å². The number of nitrogens with zero attached hydrogens (tertiary/aromatic N) is 2. The quantitative estimate of drug-likeness (QED) is 0.663. The van der Waals surface area contributed by atoms with Gasteiger partial charge in [0.1, 0.15) is 5.82 Å². The van der Waals surface area contributed by atoms with Gasteiger partial charge in [-0.3, -0.25) is 0 Å². The summed E-state index contributed by atoms with van der Waals surface area (Å²) >= 11 is 5.74. The highest BCUT2D eigenvalue weighted by atomic mass is 35.5. The van der Waals surface area contributed by atoms with Crippen LogP contribution >= 0.6 is 11.6 Å². The normalized spacial score (nSPS) is 16.9. The molecule has 1 aliphatic heterocycles. The van der Waals surface area contributed by atoms with Crippen LogP contribution in [0.1, 0.15) is 12.8 Å². The average Bonchev–Trinajstić information content (AvgIpc) is 2.58. The van der Waals surface area contributed by atoms with E-state index < -0.39 is 0 Å². The summed E-state index contributed by atoms with van der Waals surface area (Å²) in [4.78, 5) is 6.54. The van der Waals surface area contributed by atoms with E-state index in [2.05, 4.69) is 9.88 Å². The van der Waals surface area contributed by atoms with Gasteiger partial charge in [-0.2, -0.15) is 0 Å². The molecule has 1 saturated heterocycles. The van der Waals surface area contributed by atoms with E-state index in [1.807, 2.05) is 12.1 Å². The maximum atomic E-state index is 5.74. The molecule has 0 N–H and O–H groups in total. The van der Waals surface area contributed by atoms with E-state index in [1.54, 1.807) is 6.20 Å². The van der Waals surface area contributed by atoms with Gasteiger partial charge in [0, 0.05) is 19.3 Å². The van der Waals surface area contributed by atoms with Crippen LogP contribution in [0.25, 0.3) is 0 Å². The summed E-state index contributed by atoms with van der Waals surface area (Å²) in [5.41, 5.74) is 0. The SMILES string of the molecule is Clc1ccc(N2CCCC2)nc1. The van der Waals surface area contributed by atoms with Crippen LogP contribution in [0.15, 0.2) is 18.3 Å². The molecule has 2 rings (SSSR count). The first-order valence-electron chi connectivity index (χ1n) is 4.23. The minimum Gasteiger partial charge on any atom is -0.357 e. The zero-order valence-electron chi connectivity index (χ0n) is 6.83. The number of anilines is 1. The molecular formula is C9H11ClN2. The topological polar surface area (TPSA) is 16.1 Å². The van der Waals surface area contributed by atoms with E-state index >= 15 is 0 Å². The highest BCUT2D eigenvalue weighted by Crippen LogP contribution is 2.18. The van der Waals surface area contributed by atoms with Crippen LogP contribution < -0.4 is 4.90 Å². The molecule has 0 aromatic carbocycles. The van der Waals surface area contributed by atoms with Crippen molar-refractivity contribution < 1.29 is 0 Å².